The Bertz CT molecular complexity index is 697. The van der Waals surface area contributed by atoms with Gasteiger partial charge in [0, 0.05) is 11.8 Å². The molecule has 1 aromatic carbocycles. The summed E-state index contributed by atoms with van der Waals surface area (Å²) in [6.45, 7) is 6.66. The summed E-state index contributed by atoms with van der Waals surface area (Å²) in [7, 11) is -2.97. The van der Waals surface area contributed by atoms with Crippen molar-refractivity contribution in [2.75, 3.05) is 30.5 Å². The number of nitrogens with one attached hydrogen (secondary N) is 2. The number of hydrogen-bond donors (Lipinski definition) is 3. The highest BCUT2D eigenvalue weighted by atomic mass is 32.2. The van der Waals surface area contributed by atoms with Gasteiger partial charge in [-0.15, -0.1) is 0 Å². The van der Waals surface area contributed by atoms with Crippen molar-refractivity contribution in [3.63, 3.8) is 0 Å². The van der Waals surface area contributed by atoms with Gasteiger partial charge in [-0.3, -0.25) is 0 Å². The first kappa shape index (κ1) is 22.2. The summed E-state index contributed by atoms with van der Waals surface area (Å²) < 4.78 is 28.3. The van der Waals surface area contributed by atoms with Gasteiger partial charge in [0.1, 0.15) is 15.6 Å². The Morgan fingerprint density at radius 1 is 1.23 bits per heavy atom. The number of amides is 2. The highest BCUT2D eigenvalue weighted by Gasteiger charge is 2.15. The SMILES string of the molecule is CC(C)(C)NC(=O)Nc1ccc(CCCS(C)(=O)=O)cc1OCCCN. The number of aryl methyl sites for hydroxylation is 1. The topological polar surface area (TPSA) is 111 Å². The molecule has 0 atom stereocenters. The van der Waals surface area contributed by atoms with E-state index in [2.05, 4.69) is 10.6 Å². The molecular weight excluding hydrogens is 354 g/mol. The summed E-state index contributed by atoms with van der Waals surface area (Å²) in [6.07, 6.45) is 3.09. The van der Waals surface area contributed by atoms with E-state index >= 15 is 0 Å². The molecule has 0 aliphatic rings. The molecule has 4 N–H and O–H groups in total. The van der Waals surface area contributed by atoms with Gasteiger partial charge in [0.2, 0.25) is 0 Å². The lowest BCUT2D eigenvalue weighted by Crippen LogP contribution is -2.43. The zero-order valence-corrected chi connectivity index (χ0v) is 16.9. The van der Waals surface area contributed by atoms with Gasteiger partial charge >= 0.3 is 6.03 Å². The molecule has 1 aromatic rings. The van der Waals surface area contributed by atoms with E-state index in [0.717, 1.165) is 5.56 Å². The molecule has 2 amide bonds. The van der Waals surface area contributed by atoms with Crippen LogP contribution in [0, 0.1) is 0 Å². The van der Waals surface area contributed by atoms with Crippen LogP contribution in [0.3, 0.4) is 0 Å². The molecule has 26 heavy (non-hydrogen) atoms. The van der Waals surface area contributed by atoms with Crippen LogP contribution in [0.25, 0.3) is 0 Å². The van der Waals surface area contributed by atoms with Gasteiger partial charge in [-0.2, -0.15) is 0 Å². The van der Waals surface area contributed by atoms with Gasteiger partial charge in [-0.1, -0.05) is 6.07 Å². The molecule has 148 valence electrons. The van der Waals surface area contributed by atoms with E-state index in [1.54, 1.807) is 6.07 Å². The van der Waals surface area contributed by atoms with Crippen molar-refractivity contribution >= 4 is 21.6 Å². The maximum absolute atomic E-state index is 12.1. The van der Waals surface area contributed by atoms with Crippen molar-refractivity contribution in [1.29, 1.82) is 0 Å². The van der Waals surface area contributed by atoms with E-state index in [1.165, 1.54) is 6.26 Å². The Labute approximate surface area is 156 Å². The van der Waals surface area contributed by atoms with Crippen molar-refractivity contribution in [3.05, 3.63) is 23.8 Å². The van der Waals surface area contributed by atoms with Crippen molar-refractivity contribution < 1.29 is 17.9 Å². The summed E-state index contributed by atoms with van der Waals surface area (Å²) in [5, 5.41) is 5.63. The van der Waals surface area contributed by atoms with Crippen LogP contribution >= 0.6 is 0 Å². The van der Waals surface area contributed by atoms with E-state index < -0.39 is 9.84 Å². The summed E-state index contributed by atoms with van der Waals surface area (Å²) in [5.41, 5.74) is 6.67. The van der Waals surface area contributed by atoms with Gasteiger partial charge in [-0.05, 0) is 64.3 Å². The second-order valence-electron chi connectivity index (χ2n) is 7.38. The highest BCUT2D eigenvalue weighted by Crippen LogP contribution is 2.27. The Balaban J connectivity index is 2.85. The summed E-state index contributed by atoms with van der Waals surface area (Å²) in [6, 6.07) is 5.16. The standard InChI is InChI=1S/C18H31N3O4S/c1-18(2,3)21-17(22)20-15-9-8-14(7-5-12-26(4,23)24)13-16(15)25-11-6-10-19/h8-9,13H,5-7,10-12,19H2,1-4H3,(H2,20,21,22). The molecule has 0 unspecified atom stereocenters. The average Bonchev–Trinajstić information content (AvgIpc) is 2.46. The van der Waals surface area contributed by atoms with Crippen molar-refractivity contribution in [3.8, 4) is 5.75 Å². The summed E-state index contributed by atoms with van der Waals surface area (Å²) in [4.78, 5) is 12.1. The Morgan fingerprint density at radius 3 is 2.50 bits per heavy atom. The fraction of sp³-hybridized carbons (Fsp3) is 0.611. The summed E-state index contributed by atoms with van der Waals surface area (Å²) >= 11 is 0. The number of hydrogen-bond acceptors (Lipinski definition) is 5. The first-order valence-corrected chi connectivity index (χ1v) is 10.8. The number of sulfone groups is 1. The molecule has 8 heteroatoms. The van der Waals surface area contributed by atoms with Gasteiger partial charge in [-0.25, -0.2) is 13.2 Å². The number of urea groups is 1. The van der Waals surface area contributed by atoms with E-state index in [0.29, 0.717) is 43.9 Å². The minimum absolute atomic E-state index is 0.143. The van der Waals surface area contributed by atoms with Gasteiger partial charge in [0.25, 0.3) is 0 Å². The number of nitrogens with two attached hydrogens (primary N) is 1. The normalized spacial score (nSPS) is 11.9. The van der Waals surface area contributed by atoms with Crippen LogP contribution in [-0.4, -0.2) is 45.1 Å². The number of rotatable bonds is 9. The number of anilines is 1. The van der Waals surface area contributed by atoms with Gasteiger partial charge in [0.05, 0.1) is 18.0 Å². The van der Waals surface area contributed by atoms with Crippen molar-refractivity contribution in [2.45, 2.75) is 45.6 Å². The minimum Gasteiger partial charge on any atom is -0.491 e. The second kappa shape index (κ2) is 9.78. The van der Waals surface area contributed by atoms with Crippen LogP contribution in [-0.2, 0) is 16.3 Å². The number of carbonyl (C=O) groups is 1. The number of benzene rings is 1. The quantitative estimate of drug-likeness (QED) is 0.565. The predicted octanol–water partition coefficient (Wildman–Crippen LogP) is 2.31. The molecule has 0 aromatic heterocycles. The van der Waals surface area contributed by atoms with E-state index in [4.69, 9.17) is 10.5 Å². The highest BCUT2D eigenvalue weighted by molar-refractivity contribution is 7.90. The fourth-order valence-corrected chi connectivity index (χ4v) is 2.91. The maximum atomic E-state index is 12.1. The molecule has 0 spiro atoms. The zero-order valence-electron chi connectivity index (χ0n) is 16.1. The van der Waals surface area contributed by atoms with Gasteiger partial charge < -0.3 is 21.1 Å². The third kappa shape index (κ3) is 9.62. The van der Waals surface area contributed by atoms with Crippen LogP contribution in [0.2, 0.25) is 0 Å². The Kier molecular flexibility index (Phi) is 8.36. The van der Waals surface area contributed by atoms with E-state index in [-0.39, 0.29) is 17.3 Å². The van der Waals surface area contributed by atoms with Crippen LogP contribution < -0.4 is 21.1 Å². The molecule has 0 radical (unpaired) electrons. The maximum Gasteiger partial charge on any atom is 0.319 e. The molecular formula is C18H31N3O4S. The largest absolute Gasteiger partial charge is 0.491 e. The van der Waals surface area contributed by atoms with Crippen molar-refractivity contribution in [1.82, 2.24) is 5.32 Å². The average molecular weight is 386 g/mol. The number of ether oxygens (including phenoxy) is 1. The van der Waals surface area contributed by atoms with Crippen LogP contribution in [0.4, 0.5) is 10.5 Å². The predicted molar refractivity (Wildman–Crippen MR) is 106 cm³/mol. The first-order chi connectivity index (χ1) is 12.0. The summed E-state index contributed by atoms with van der Waals surface area (Å²) in [5.74, 6) is 0.698. The van der Waals surface area contributed by atoms with Crippen LogP contribution in [0.5, 0.6) is 5.75 Å². The molecule has 0 aliphatic carbocycles. The molecule has 0 aliphatic heterocycles. The molecule has 0 heterocycles. The minimum atomic E-state index is -2.97. The van der Waals surface area contributed by atoms with Crippen molar-refractivity contribution in [2.24, 2.45) is 5.73 Å². The smallest absolute Gasteiger partial charge is 0.319 e. The second-order valence-corrected chi connectivity index (χ2v) is 9.64. The van der Waals surface area contributed by atoms with Crippen LogP contribution in [0.15, 0.2) is 18.2 Å². The Hall–Kier alpha value is -1.80. The number of carbonyl (C=O) groups excluding carboxylic acids is 1. The fourth-order valence-electron chi connectivity index (χ4n) is 2.24. The molecule has 1 rings (SSSR count). The third-order valence-corrected chi connectivity index (χ3v) is 4.40. The van der Waals surface area contributed by atoms with E-state index in [1.807, 2.05) is 32.9 Å². The molecule has 0 saturated heterocycles. The molecule has 0 bridgehead atoms. The Morgan fingerprint density at radius 2 is 1.92 bits per heavy atom. The van der Waals surface area contributed by atoms with E-state index in [9.17, 15) is 13.2 Å². The molecule has 0 fully saturated rings. The first-order valence-electron chi connectivity index (χ1n) is 8.73. The lowest BCUT2D eigenvalue weighted by Gasteiger charge is -2.21. The van der Waals surface area contributed by atoms with Crippen LogP contribution in [0.1, 0.15) is 39.2 Å². The third-order valence-electron chi connectivity index (χ3n) is 3.37. The zero-order chi connectivity index (χ0) is 19.8. The lowest BCUT2D eigenvalue weighted by molar-refractivity contribution is 0.243. The molecule has 7 nitrogen and oxygen atoms in total. The molecule has 0 saturated carbocycles. The lowest BCUT2D eigenvalue weighted by atomic mass is 10.1. The monoisotopic (exact) mass is 385 g/mol. The van der Waals surface area contributed by atoms with Gasteiger partial charge in [0.15, 0.2) is 0 Å².